The molecule has 1 aromatic carbocycles. The largest absolute Gasteiger partial charge is 0.396 e. The Bertz CT molecular complexity index is 431. The molecule has 108 valence electrons. The molecule has 1 rings (SSSR count). The Morgan fingerprint density at radius 1 is 1.35 bits per heavy atom. The van der Waals surface area contributed by atoms with E-state index in [1.54, 1.807) is 11.8 Å². The van der Waals surface area contributed by atoms with Gasteiger partial charge in [0.05, 0.1) is 6.07 Å². The lowest BCUT2D eigenvalue weighted by Crippen LogP contribution is -2.32. The van der Waals surface area contributed by atoms with Crippen molar-refractivity contribution in [2.75, 3.05) is 24.7 Å². The van der Waals surface area contributed by atoms with Crippen molar-refractivity contribution in [2.45, 2.75) is 12.8 Å². The second-order valence-corrected chi connectivity index (χ2v) is 5.58. The maximum Gasteiger partial charge on any atom is 0.237 e. The quantitative estimate of drug-likeness (QED) is 0.678. The summed E-state index contributed by atoms with van der Waals surface area (Å²) in [6.45, 7) is 0.759. The minimum Gasteiger partial charge on any atom is -0.396 e. The van der Waals surface area contributed by atoms with Gasteiger partial charge in [-0.3, -0.25) is 4.79 Å². The summed E-state index contributed by atoms with van der Waals surface area (Å²) in [5.41, 5.74) is 0.992. The molecule has 0 aliphatic heterocycles. The van der Waals surface area contributed by atoms with E-state index in [1.165, 1.54) is 0 Å². The molecular formula is C15H20N2O2S. The molecule has 1 atom stereocenters. The number of nitrogens with zero attached hydrogens (tertiary/aromatic N) is 1. The Kier molecular flexibility index (Phi) is 8.52. The van der Waals surface area contributed by atoms with Gasteiger partial charge in [0.2, 0.25) is 5.91 Å². The summed E-state index contributed by atoms with van der Waals surface area (Å²) in [4.78, 5) is 11.9. The molecule has 4 nitrogen and oxygen atoms in total. The Labute approximate surface area is 124 Å². The van der Waals surface area contributed by atoms with E-state index >= 15 is 0 Å². The van der Waals surface area contributed by atoms with Crippen LogP contribution in [0.1, 0.15) is 12.0 Å². The van der Waals surface area contributed by atoms with Crippen LogP contribution in [0.15, 0.2) is 30.3 Å². The molecule has 0 saturated carbocycles. The molecule has 20 heavy (non-hydrogen) atoms. The van der Waals surface area contributed by atoms with Crippen LogP contribution in [-0.2, 0) is 11.2 Å². The van der Waals surface area contributed by atoms with Gasteiger partial charge in [0.15, 0.2) is 0 Å². The van der Waals surface area contributed by atoms with E-state index in [4.69, 9.17) is 10.4 Å². The number of thioether (sulfide) groups is 1. The molecule has 0 aliphatic rings. The predicted molar refractivity (Wildman–Crippen MR) is 81.3 cm³/mol. The Balaban J connectivity index is 2.28. The van der Waals surface area contributed by atoms with Gasteiger partial charge in [-0.1, -0.05) is 30.3 Å². The number of rotatable bonds is 9. The lowest BCUT2D eigenvalue weighted by atomic mass is 10.00. The minimum atomic E-state index is -0.639. The molecule has 2 N–H and O–H groups in total. The number of carbonyl (C=O) groups is 1. The van der Waals surface area contributed by atoms with E-state index in [-0.39, 0.29) is 12.5 Å². The monoisotopic (exact) mass is 292 g/mol. The first kappa shape index (κ1) is 16.5. The van der Waals surface area contributed by atoms with Gasteiger partial charge in [-0.05, 0) is 24.2 Å². The van der Waals surface area contributed by atoms with Gasteiger partial charge in [0.25, 0.3) is 0 Å². The number of aliphatic hydroxyl groups is 1. The Hall–Kier alpha value is -1.51. The van der Waals surface area contributed by atoms with Crippen LogP contribution in [0.25, 0.3) is 0 Å². The molecule has 1 aromatic rings. The molecule has 0 spiro atoms. The fraction of sp³-hybridized carbons (Fsp3) is 0.467. The topological polar surface area (TPSA) is 73.1 Å². The van der Waals surface area contributed by atoms with E-state index in [9.17, 15) is 4.79 Å². The minimum absolute atomic E-state index is 0.201. The third-order valence-electron chi connectivity index (χ3n) is 2.75. The van der Waals surface area contributed by atoms with Crippen molar-refractivity contribution in [3.05, 3.63) is 35.9 Å². The highest BCUT2D eigenvalue weighted by Gasteiger charge is 2.17. The van der Waals surface area contributed by atoms with Crippen molar-refractivity contribution < 1.29 is 9.90 Å². The van der Waals surface area contributed by atoms with Crippen LogP contribution < -0.4 is 5.32 Å². The predicted octanol–water partition coefficient (Wildman–Crippen LogP) is 1.60. The Morgan fingerprint density at radius 3 is 2.75 bits per heavy atom. The number of nitriles is 1. The van der Waals surface area contributed by atoms with Gasteiger partial charge < -0.3 is 10.4 Å². The summed E-state index contributed by atoms with van der Waals surface area (Å²) in [7, 11) is 0. The maximum atomic E-state index is 11.9. The zero-order valence-corrected chi connectivity index (χ0v) is 12.2. The first-order chi connectivity index (χ1) is 9.77. The molecular weight excluding hydrogens is 272 g/mol. The summed E-state index contributed by atoms with van der Waals surface area (Å²) >= 11 is 1.69. The van der Waals surface area contributed by atoms with Crippen LogP contribution in [0.2, 0.25) is 0 Å². The standard InChI is InChI=1S/C15H20N2O2S/c16-12-14(11-13-5-2-1-3-6-13)15(19)17-7-10-20-9-4-8-18/h1-3,5-6,14,18H,4,7-11H2,(H,17,19). The second-order valence-electron chi connectivity index (χ2n) is 4.35. The molecule has 0 heterocycles. The van der Waals surface area contributed by atoms with Crippen LogP contribution in [0.4, 0.5) is 0 Å². The molecule has 0 radical (unpaired) electrons. The van der Waals surface area contributed by atoms with Gasteiger partial charge in [-0.25, -0.2) is 0 Å². The van der Waals surface area contributed by atoms with E-state index in [1.807, 2.05) is 30.3 Å². The lowest BCUT2D eigenvalue weighted by Gasteiger charge is -2.10. The van der Waals surface area contributed by atoms with Gasteiger partial charge in [-0.2, -0.15) is 17.0 Å². The molecule has 1 amide bonds. The van der Waals surface area contributed by atoms with E-state index in [2.05, 4.69) is 11.4 Å². The van der Waals surface area contributed by atoms with Crippen molar-refractivity contribution in [2.24, 2.45) is 5.92 Å². The van der Waals surface area contributed by atoms with E-state index in [0.29, 0.717) is 13.0 Å². The van der Waals surface area contributed by atoms with Crippen molar-refractivity contribution in [1.29, 1.82) is 5.26 Å². The molecule has 0 aliphatic carbocycles. The SMILES string of the molecule is N#CC(Cc1ccccc1)C(=O)NCCSCCCO. The number of nitrogens with one attached hydrogen (secondary N) is 1. The first-order valence-corrected chi connectivity index (χ1v) is 7.83. The van der Waals surface area contributed by atoms with E-state index in [0.717, 1.165) is 23.5 Å². The van der Waals surface area contributed by atoms with E-state index < -0.39 is 5.92 Å². The van der Waals surface area contributed by atoms with Crippen molar-refractivity contribution in [3.63, 3.8) is 0 Å². The van der Waals surface area contributed by atoms with Crippen LogP contribution in [0.3, 0.4) is 0 Å². The summed E-state index contributed by atoms with van der Waals surface area (Å²) in [6, 6.07) is 11.6. The second kappa shape index (κ2) is 10.3. The highest BCUT2D eigenvalue weighted by atomic mass is 32.2. The molecule has 0 fully saturated rings. The average Bonchev–Trinajstić information content (AvgIpc) is 2.49. The number of carbonyl (C=O) groups excluding carboxylic acids is 1. The zero-order valence-electron chi connectivity index (χ0n) is 11.4. The van der Waals surface area contributed by atoms with Crippen molar-refractivity contribution >= 4 is 17.7 Å². The van der Waals surface area contributed by atoms with Gasteiger partial charge >= 0.3 is 0 Å². The normalized spacial score (nSPS) is 11.6. The number of aliphatic hydroxyl groups excluding tert-OH is 1. The Morgan fingerprint density at radius 2 is 2.10 bits per heavy atom. The molecule has 0 bridgehead atoms. The maximum absolute atomic E-state index is 11.9. The molecule has 5 heteroatoms. The number of benzene rings is 1. The lowest BCUT2D eigenvalue weighted by molar-refractivity contribution is -0.123. The first-order valence-electron chi connectivity index (χ1n) is 6.67. The summed E-state index contributed by atoms with van der Waals surface area (Å²) < 4.78 is 0. The number of amides is 1. The summed E-state index contributed by atoms with van der Waals surface area (Å²) in [5, 5.41) is 20.5. The fourth-order valence-electron chi connectivity index (χ4n) is 1.69. The summed E-state index contributed by atoms with van der Waals surface area (Å²) in [6.07, 6.45) is 1.22. The number of hydrogen-bond donors (Lipinski definition) is 2. The van der Waals surface area contributed by atoms with Crippen LogP contribution in [0, 0.1) is 17.2 Å². The zero-order chi connectivity index (χ0) is 14.6. The average molecular weight is 292 g/mol. The van der Waals surface area contributed by atoms with Gasteiger partial charge in [-0.15, -0.1) is 0 Å². The highest BCUT2D eigenvalue weighted by Crippen LogP contribution is 2.08. The van der Waals surface area contributed by atoms with Crippen LogP contribution in [-0.4, -0.2) is 35.7 Å². The van der Waals surface area contributed by atoms with Crippen LogP contribution >= 0.6 is 11.8 Å². The van der Waals surface area contributed by atoms with Gasteiger partial charge in [0.1, 0.15) is 5.92 Å². The smallest absolute Gasteiger partial charge is 0.237 e. The summed E-state index contributed by atoms with van der Waals surface area (Å²) in [5.74, 6) is 0.840. The number of hydrogen-bond acceptors (Lipinski definition) is 4. The highest BCUT2D eigenvalue weighted by molar-refractivity contribution is 7.99. The molecule has 1 unspecified atom stereocenters. The van der Waals surface area contributed by atoms with Crippen molar-refractivity contribution in [3.8, 4) is 6.07 Å². The van der Waals surface area contributed by atoms with Crippen molar-refractivity contribution in [1.82, 2.24) is 5.32 Å². The van der Waals surface area contributed by atoms with Crippen LogP contribution in [0.5, 0.6) is 0 Å². The third-order valence-corrected chi connectivity index (χ3v) is 3.82. The third kappa shape index (κ3) is 6.60. The van der Waals surface area contributed by atoms with Gasteiger partial charge in [0, 0.05) is 18.9 Å². The fourth-order valence-corrected chi connectivity index (χ4v) is 2.47. The molecule has 0 aromatic heterocycles. The molecule has 0 saturated heterocycles.